The molecule has 0 aliphatic rings. The van der Waals surface area contributed by atoms with Crippen molar-refractivity contribution in [1.82, 2.24) is 9.97 Å². The van der Waals surface area contributed by atoms with E-state index in [1.165, 1.54) is 0 Å². The Balaban J connectivity index is 3.07. The van der Waals surface area contributed by atoms with Crippen LogP contribution >= 0.6 is 0 Å². The van der Waals surface area contributed by atoms with Gasteiger partial charge in [0.25, 0.3) is 0 Å². The molecule has 1 aromatic heterocycles. The van der Waals surface area contributed by atoms with Crippen LogP contribution in [-0.2, 0) is 0 Å². The first-order valence-corrected chi connectivity index (χ1v) is 2.41. The van der Waals surface area contributed by atoms with Crippen molar-refractivity contribution in [2.45, 2.75) is 0 Å². The van der Waals surface area contributed by atoms with Crippen molar-refractivity contribution in [3.8, 4) is 0 Å². The number of rotatable bonds is 1. The Bertz CT molecular complexity index is 264. The zero-order valence-electron chi connectivity index (χ0n) is 4.78. The van der Waals surface area contributed by atoms with E-state index in [1.807, 2.05) is 0 Å². The molecule has 0 aliphatic carbocycles. The van der Waals surface area contributed by atoms with E-state index in [2.05, 4.69) is 9.97 Å². The van der Waals surface area contributed by atoms with Crippen LogP contribution < -0.4 is 0 Å². The van der Waals surface area contributed by atoms with Gasteiger partial charge in [0, 0.05) is 0 Å². The monoisotopic (exact) mass is 142 g/mol. The van der Waals surface area contributed by atoms with Gasteiger partial charge in [-0.15, -0.1) is 0 Å². The first kappa shape index (κ1) is 6.60. The summed E-state index contributed by atoms with van der Waals surface area (Å²) in [5.74, 6) is -2.17. The summed E-state index contributed by atoms with van der Waals surface area (Å²) >= 11 is 0. The Kier molecular flexibility index (Phi) is 1.57. The van der Waals surface area contributed by atoms with Crippen LogP contribution in [0.1, 0.15) is 10.5 Å². The Morgan fingerprint density at radius 2 is 2.30 bits per heavy atom. The fourth-order valence-electron chi connectivity index (χ4n) is 0.445. The minimum absolute atomic E-state index is 0.389. The molecule has 0 aliphatic heterocycles. The number of hydrogen-bond acceptors (Lipinski definition) is 3. The Morgan fingerprint density at radius 1 is 1.60 bits per heavy atom. The van der Waals surface area contributed by atoms with Crippen molar-refractivity contribution in [3.05, 3.63) is 24.0 Å². The summed E-state index contributed by atoms with van der Waals surface area (Å²) in [6, 6.07) is 0. The van der Waals surface area contributed by atoms with E-state index >= 15 is 0 Å². The minimum atomic E-state index is -1.29. The molecule has 0 fully saturated rings. The van der Waals surface area contributed by atoms with Crippen LogP contribution in [-0.4, -0.2) is 21.0 Å². The fraction of sp³-hybridized carbons (Fsp3) is 0. The van der Waals surface area contributed by atoms with Crippen LogP contribution in [0.4, 0.5) is 4.39 Å². The van der Waals surface area contributed by atoms with E-state index in [-0.39, 0.29) is 5.69 Å². The topological polar surface area (TPSA) is 63.1 Å². The average molecular weight is 142 g/mol. The molecule has 0 unspecified atom stereocenters. The molecule has 10 heavy (non-hydrogen) atoms. The smallest absolute Gasteiger partial charge is 0.356 e. The van der Waals surface area contributed by atoms with Crippen LogP contribution in [0.25, 0.3) is 0 Å². The van der Waals surface area contributed by atoms with Crippen molar-refractivity contribution in [2.75, 3.05) is 0 Å². The molecule has 0 saturated heterocycles. The highest BCUT2D eigenvalue weighted by molar-refractivity contribution is 5.84. The summed E-state index contributed by atoms with van der Waals surface area (Å²) in [4.78, 5) is 16.4. The van der Waals surface area contributed by atoms with Crippen LogP contribution in [0.15, 0.2) is 12.4 Å². The number of halogens is 1. The zero-order valence-corrected chi connectivity index (χ0v) is 4.78. The van der Waals surface area contributed by atoms with Crippen LogP contribution in [0.3, 0.4) is 0 Å². The maximum Gasteiger partial charge on any atom is 0.356 e. The lowest BCUT2D eigenvalue weighted by Crippen LogP contribution is -2.02. The number of aromatic carboxylic acids is 1. The first-order chi connectivity index (χ1) is 4.70. The average Bonchev–Trinajstić information content (AvgIpc) is 1.88. The van der Waals surface area contributed by atoms with Gasteiger partial charge in [0.15, 0.2) is 5.69 Å². The third-order valence-corrected chi connectivity index (χ3v) is 0.824. The molecule has 0 radical (unpaired) electrons. The fourth-order valence-corrected chi connectivity index (χ4v) is 0.445. The molecule has 1 rings (SSSR count). The quantitative estimate of drug-likeness (QED) is 0.613. The molecule has 52 valence electrons. The summed E-state index contributed by atoms with van der Waals surface area (Å²) in [7, 11) is 0. The lowest BCUT2D eigenvalue weighted by atomic mass is 10.5. The van der Waals surface area contributed by atoms with Crippen LogP contribution in [0.5, 0.6) is 0 Å². The molecule has 0 bridgehead atoms. The second-order valence-corrected chi connectivity index (χ2v) is 1.53. The predicted molar refractivity (Wildman–Crippen MR) is 28.9 cm³/mol. The predicted octanol–water partition coefficient (Wildman–Crippen LogP) is 0.314. The van der Waals surface area contributed by atoms with E-state index in [0.717, 1.165) is 12.4 Å². The van der Waals surface area contributed by atoms with Crippen LogP contribution in [0, 0.1) is 5.95 Å². The molecule has 0 atom stereocenters. The van der Waals surface area contributed by atoms with Gasteiger partial charge in [-0.05, 0) is 0 Å². The summed E-state index contributed by atoms with van der Waals surface area (Å²) in [5, 5.41) is 8.24. The molecule has 1 aromatic rings. The van der Waals surface area contributed by atoms with E-state index in [9.17, 15) is 9.18 Å². The Hall–Kier alpha value is -1.52. The first-order valence-electron chi connectivity index (χ1n) is 2.41. The van der Waals surface area contributed by atoms with Crippen molar-refractivity contribution in [1.29, 1.82) is 0 Å². The molecule has 5 heteroatoms. The number of nitrogens with zero attached hydrogens (tertiary/aromatic N) is 2. The SMILES string of the molecule is O=C(O)c1cncc(F)n1. The molecule has 0 saturated carbocycles. The van der Waals surface area contributed by atoms with Gasteiger partial charge in [-0.1, -0.05) is 0 Å². The highest BCUT2D eigenvalue weighted by atomic mass is 19.1. The number of aromatic nitrogens is 2. The summed E-state index contributed by atoms with van der Waals surface area (Å²) in [6.07, 6.45) is 1.82. The largest absolute Gasteiger partial charge is 0.476 e. The summed E-state index contributed by atoms with van der Waals surface area (Å²) < 4.78 is 12.1. The highest BCUT2D eigenvalue weighted by Gasteiger charge is 2.04. The molecule has 4 nitrogen and oxygen atoms in total. The summed E-state index contributed by atoms with van der Waals surface area (Å²) in [5.41, 5.74) is -0.389. The Labute approximate surface area is 55.4 Å². The number of carboxylic acid groups (broad SMARTS) is 1. The second kappa shape index (κ2) is 2.38. The van der Waals surface area contributed by atoms with Gasteiger partial charge < -0.3 is 5.11 Å². The maximum absolute atomic E-state index is 12.1. The molecule has 1 heterocycles. The van der Waals surface area contributed by atoms with E-state index in [4.69, 9.17) is 5.11 Å². The second-order valence-electron chi connectivity index (χ2n) is 1.53. The highest BCUT2D eigenvalue weighted by Crippen LogP contribution is 1.92. The van der Waals surface area contributed by atoms with Gasteiger partial charge in [-0.3, -0.25) is 4.98 Å². The van der Waals surface area contributed by atoms with Gasteiger partial charge in [-0.2, -0.15) is 4.39 Å². The minimum Gasteiger partial charge on any atom is -0.476 e. The van der Waals surface area contributed by atoms with Gasteiger partial charge in [0.05, 0.1) is 12.4 Å². The molecular formula is C5H3FN2O2. The Morgan fingerprint density at radius 3 is 2.70 bits per heavy atom. The molecular weight excluding hydrogens is 139 g/mol. The normalized spacial score (nSPS) is 9.30. The van der Waals surface area contributed by atoms with Gasteiger partial charge >= 0.3 is 5.97 Å². The molecule has 1 N–H and O–H groups in total. The van der Waals surface area contributed by atoms with E-state index < -0.39 is 11.9 Å². The van der Waals surface area contributed by atoms with Gasteiger partial charge in [0.1, 0.15) is 0 Å². The molecule has 0 amide bonds. The van der Waals surface area contributed by atoms with E-state index in [0.29, 0.717) is 0 Å². The van der Waals surface area contributed by atoms with Crippen LogP contribution in [0.2, 0.25) is 0 Å². The number of carboxylic acids is 1. The lowest BCUT2D eigenvalue weighted by Gasteiger charge is -1.89. The van der Waals surface area contributed by atoms with Crippen molar-refractivity contribution in [2.24, 2.45) is 0 Å². The van der Waals surface area contributed by atoms with Gasteiger partial charge in [0.2, 0.25) is 5.95 Å². The lowest BCUT2D eigenvalue weighted by molar-refractivity contribution is 0.0688. The standard InChI is InChI=1S/C5H3FN2O2/c6-4-2-7-1-3(8-4)5(9)10/h1-2H,(H,9,10). The maximum atomic E-state index is 12.1. The number of hydrogen-bond donors (Lipinski definition) is 1. The summed E-state index contributed by atoms with van der Waals surface area (Å²) in [6.45, 7) is 0. The van der Waals surface area contributed by atoms with E-state index in [1.54, 1.807) is 0 Å². The van der Waals surface area contributed by atoms with Gasteiger partial charge in [-0.25, -0.2) is 9.78 Å². The molecule has 0 aromatic carbocycles. The van der Waals surface area contributed by atoms with Crippen molar-refractivity contribution >= 4 is 5.97 Å². The third-order valence-electron chi connectivity index (χ3n) is 0.824. The molecule has 0 spiro atoms. The van der Waals surface area contributed by atoms with Crippen molar-refractivity contribution in [3.63, 3.8) is 0 Å². The van der Waals surface area contributed by atoms with Crippen molar-refractivity contribution < 1.29 is 14.3 Å². The number of carbonyl (C=O) groups is 1. The third kappa shape index (κ3) is 1.25. The zero-order chi connectivity index (χ0) is 7.56.